The summed E-state index contributed by atoms with van der Waals surface area (Å²) in [5.74, 6) is 0. The highest BCUT2D eigenvalue weighted by Gasteiger charge is 2.49. The monoisotopic (exact) mass is 234 g/mol. The molecule has 1 aliphatic heterocycles. The van der Waals surface area contributed by atoms with Crippen molar-refractivity contribution in [1.29, 1.82) is 0 Å². The van der Waals surface area contributed by atoms with Gasteiger partial charge in [0.2, 0.25) is 0 Å². The van der Waals surface area contributed by atoms with Crippen LogP contribution in [0.4, 0.5) is 10.5 Å². The van der Waals surface area contributed by atoms with E-state index in [1.807, 2.05) is 32.0 Å². The Kier molecular flexibility index (Phi) is 2.69. The van der Waals surface area contributed by atoms with E-state index < -0.39 is 0 Å². The number of carbonyl (C=O) groups is 2. The van der Waals surface area contributed by atoms with Crippen molar-refractivity contribution in [3.63, 3.8) is 0 Å². The van der Waals surface area contributed by atoms with Crippen LogP contribution in [0.25, 0.3) is 0 Å². The van der Waals surface area contributed by atoms with Crippen molar-refractivity contribution in [2.24, 2.45) is 0 Å². The lowest BCUT2D eigenvalue weighted by molar-refractivity contribution is -0.113. The van der Waals surface area contributed by atoms with Crippen LogP contribution in [0.5, 0.6) is 0 Å². The topological polar surface area (TPSA) is 34.1 Å². The summed E-state index contributed by atoms with van der Waals surface area (Å²) < 4.78 is -0.308. The van der Waals surface area contributed by atoms with Crippen LogP contribution in [0.15, 0.2) is 40.9 Å². The van der Waals surface area contributed by atoms with Gasteiger partial charge in [0.25, 0.3) is 0 Å². The summed E-state index contributed by atoms with van der Waals surface area (Å²) in [5.41, 5.74) is 1.49. The van der Waals surface area contributed by atoms with Crippen LogP contribution in [-0.2, 0) is 4.79 Å². The first-order valence-electron chi connectivity index (χ1n) is 4.94. The van der Waals surface area contributed by atoms with Crippen molar-refractivity contribution >= 4 is 29.1 Å². The number of rotatable bonds is 2. The highest BCUT2D eigenvalue weighted by Crippen LogP contribution is 2.42. The first-order valence-corrected chi connectivity index (χ1v) is 5.75. The molecule has 1 aliphatic rings. The van der Waals surface area contributed by atoms with Crippen molar-refractivity contribution in [3.05, 3.63) is 40.9 Å². The third-order valence-corrected chi connectivity index (χ3v) is 3.95. The Morgan fingerprint density at radius 1 is 1.19 bits per heavy atom. The van der Waals surface area contributed by atoms with Gasteiger partial charge >= 0.3 is 11.6 Å². The Labute approximate surface area is 98.3 Å². The summed E-state index contributed by atoms with van der Waals surface area (Å²) in [4.78, 5) is 24.3. The lowest BCUT2D eigenvalue weighted by atomic mass is 10.2. The summed E-state index contributed by atoms with van der Waals surface area (Å²) in [6.07, 6.45) is 0.705. The second-order valence-electron chi connectivity index (χ2n) is 3.67. The fourth-order valence-corrected chi connectivity index (χ4v) is 2.79. The largest absolute Gasteiger partial charge is 0.396 e. The number of amides is 2. The molecular formula is C12H12NO2S+. The predicted octanol–water partition coefficient (Wildman–Crippen LogP) is 3.27. The molecule has 4 heteroatoms. The van der Waals surface area contributed by atoms with Crippen LogP contribution in [-0.4, -0.2) is 11.6 Å². The van der Waals surface area contributed by atoms with Crippen LogP contribution < -0.4 is 4.48 Å². The molecule has 2 amide bonds. The Morgan fingerprint density at radius 2 is 1.81 bits per heavy atom. The molecule has 16 heavy (non-hydrogen) atoms. The van der Waals surface area contributed by atoms with E-state index in [1.165, 1.54) is 0 Å². The quantitative estimate of drug-likeness (QED) is 0.581. The third-order valence-electron chi connectivity index (χ3n) is 2.89. The van der Waals surface area contributed by atoms with Gasteiger partial charge in [0.05, 0.1) is 4.91 Å². The predicted molar refractivity (Wildman–Crippen MR) is 65.7 cm³/mol. The zero-order valence-electron chi connectivity index (χ0n) is 9.14. The van der Waals surface area contributed by atoms with Gasteiger partial charge in [0.1, 0.15) is 5.70 Å². The van der Waals surface area contributed by atoms with Crippen LogP contribution in [0.2, 0.25) is 0 Å². The van der Waals surface area contributed by atoms with Crippen LogP contribution >= 0.6 is 11.8 Å². The van der Waals surface area contributed by atoms with Crippen molar-refractivity contribution in [2.45, 2.75) is 13.8 Å². The van der Waals surface area contributed by atoms with E-state index >= 15 is 0 Å². The van der Waals surface area contributed by atoms with E-state index in [4.69, 9.17) is 0 Å². The molecule has 1 heterocycles. The first kappa shape index (κ1) is 11.1. The molecule has 0 radical (unpaired) electrons. The maximum Gasteiger partial charge on any atom is 0.396 e. The standard InChI is InChI=1S/C12H12NO2S/c1-9-10(2)16-12(15)13(9,8-14)11-6-4-3-5-7-11/h3-8H,1-2H3/q+1. The van der Waals surface area contributed by atoms with Crippen molar-refractivity contribution in [1.82, 2.24) is 4.48 Å². The average Bonchev–Trinajstić information content (AvgIpc) is 2.52. The number of thioether (sulfide) groups is 1. The second-order valence-corrected chi connectivity index (χ2v) is 4.84. The summed E-state index contributed by atoms with van der Waals surface area (Å²) in [7, 11) is 0. The lowest BCUT2D eigenvalue weighted by Gasteiger charge is -2.23. The summed E-state index contributed by atoms with van der Waals surface area (Å²) in [6.45, 7) is 3.69. The molecule has 0 bridgehead atoms. The van der Waals surface area contributed by atoms with Crippen molar-refractivity contribution in [2.75, 3.05) is 0 Å². The van der Waals surface area contributed by atoms with Gasteiger partial charge in [-0.2, -0.15) is 0 Å². The molecule has 0 N–H and O–H groups in total. The number of allylic oxidation sites excluding steroid dienone is 2. The minimum Gasteiger partial charge on any atom is -0.232 e. The van der Waals surface area contributed by atoms with Gasteiger partial charge in [-0.05, 0) is 6.92 Å². The van der Waals surface area contributed by atoms with E-state index in [-0.39, 0.29) is 9.72 Å². The molecular weight excluding hydrogens is 222 g/mol. The average molecular weight is 234 g/mol. The maximum absolute atomic E-state index is 12.0. The van der Waals surface area contributed by atoms with Crippen molar-refractivity contribution in [3.8, 4) is 0 Å². The Bertz CT molecular complexity index is 481. The smallest absolute Gasteiger partial charge is 0.232 e. The molecule has 0 spiro atoms. The van der Waals surface area contributed by atoms with Gasteiger partial charge < -0.3 is 0 Å². The number of benzene rings is 1. The second kappa shape index (κ2) is 3.88. The molecule has 0 fully saturated rings. The van der Waals surface area contributed by atoms with E-state index in [9.17, 15) is 9.59 Å². The van der Waals surface area contributed by atoms with Gasteiger partial charge in [-0.3, -0.25) is 0 Å². The Hall–Kier alpha value is -1.39. The molecule has 0 aliphatic carbocycles. The number of carbonyl (C=O) groups excluding carboxylic acids is 2. The van der Waals surface area contributed by atoms with Gasteiger partial charge in [0, 0.05) is 30.8 Å². The van der Waals surface area contributed by atoms with Gasteiger partial charge in [0.15, 0.2) is 5.69 Å². The molecule has 1 atom stereocenters. The molecule has 82 valence electrons. The normalized spacial score (nSPS) is 25.0. The molecule has 0 saturated heterocycles. The van der Waals surface area contributed by atoms with E-state index in [1.54, 1.807) is 12.1 Å². The Morgan fingerprint density at radius 3 is 2.25 bits per heavy atom. The number of quaternary nitrogens is 1. The molecule has 1 unspecified atom stereocenters. The summed E-state index contributed by atoms with van der Waals surface area (Å²) in [6, 6.07) is 9.13. The van der Waals surface area contributed by atoms with Gasteiger partial charge in [-0.15, -0.1) is 4.48 Å². The number of imide groups is 1. The number of hydrogen-bond donors (Lipinski definition) is 0. The zero-order valence-corrected chi connectivity index (χ0v) is 9.95. The number of para-hydroxylation sites is 1. The fourth-order valence-electron chi connectivity index (χ4n) is 1.81. The molecule has 1 aromatic rings. The maximum atomic E-state index is 12.0. The lowest BCUT2D eigenvalue weighted by Crippen LogP contribution is -2.46. The third kappa shape index (κ3) is 1.34. The van der Waals surface area contributed by atoms with E-state index in [2.05, 4.69) is 0 Å². The molecule has 0 aromatic heterocycles. The van der Waals surface area contributed by atoms with E-state index in [0.29, 0.717) is 12.1 Å². The molecule has 0 saturated carbocycles. The molecule has 1 aromatic carbocycles. The van der Waals surface area contributed by atoms with Gasteiger partial charge in [-0.25, -0.2) is 9.59 Å². The summed E-state index contributed by atoms with van der Waals surface area (Å²) in [5, 5.41) is -0.156. The minimum atomic E-state index is -0.308. The van der Waals surface area contributed by atoms with Crippen LogP contribution in [0.1, 0.15) is 13.8 Å². The minimum absolute atomic E-state index is 0.156. The highest BCUT2D eigenvalue weighted by atomic mass is 32.2. The number of nitrogens with zero attached hydrogens (tertiary/aromatic N) is 1. The van der Waals surface area contributed by atoms with Crippen LogP contribution in [0, 0.1) is 0 Å². The first-order chi connectivity index (χ1) is 7.63. The van der Waals surface area contributed by atoms with Gasteiger partial charge in [-0.1, -0.05) is 18.2 Å². The SMILES string of the molecule is CC1=C(C)[N+](C=O)(c2ccccc2)C(=O)S1. The zero-order chi connectivity index (χ0) is 11.8. The Balaban J connectivity index is 2.66. The molecule has 3 nitrogen and oxygen atoms in total. The molecule has 2 rings (SSSR count). The number of hydrogen-bond acceptors (Lipinski definition) is 3. The highest BCUT2D eigenvalue weighted by molar-refractivity contribution is 8.17. The fraction of sp³-hybridized carbons (Fsp3) is 0.167. The van der Waals surface area contributed by atoms with E-state index in [0.717, 1.165) is 22.4 Å². The summed E-state index contributed by atoms with van der Waals surface area (Å²) >= 11 is 1.14. The van der Waals surface area contributed by atoms with Crippen molar-refractivity contribution < 1.29 is 9.59 Å². The van der Waals surface area contributed by atoms with Crippen LogP contribution in [0.3, 0.4) is 0 Å².